The quantitative estimate of drug-likeness (QED) is 0.141. The summed E-state index contributed by atoms with van der Waals surface area (Å²) in [7, 11) is -3.02. The summed E-state index contributed by atoms with van der Waals surface area (Å²) in [5.74, 6) is 0. The zero-order chi connectivity index (χ0) is 32.5. The van der Waals surface area contributed by atoms with Gasteiger partial charge in [0.2, 0.25) is 0 Å². The number of para-hydroxylation sites is 2. The first-order chi connectivity index (χ1) is 23.7. The summed E-state index contributed by atoms with van der Waals surface area (Å²) in [4.78, 5) is 0. The Kier molecular flexibility index (Phi) is 7.27. The molecule has 0 aliphatic rings. The number of fused-ring (bicyclic) bond motifs is 3. The average Bonchev–Trinajstić information content (AvgIpc) is 3.51. The van der Waals surface area contributed by atoms with Gasteiger partial charge in [-0.2, -0.15) is 31.3 Å². The third-order valence-electron chi connectivity index (χ3n) is 9.44. The van der Waals surface area contributed by atoms with Crippen LogP contribution in [-0.4, -0.2) is 12.6 Å². The van der Waals surface area contributed by atoms with E-state index in [4.69, 9.17) is 0 Å². The highest BCUT2D eigenvalue weighted by molar-refractivity contribution is 7.20. The molecule has 7 aromatic carbocycles. The molecular formula is C44H29N3Si-. The van der Waals surface area contributed by atoms with Crippen LogP contribution in [0.4, 0.5) is 0 Å². The Hall–Kier alpha value is -6.46. The lowest BCUT2D eigenvalue weighted by molar-refractivity contribution is 1.18. The van der Waals surface area contributed by atoms with Gasteiger partial charge in [-0.1, -0.05) is 146 Å². The van der Waals surface area contributed by atoms with Crippen LogP contribution in [0.15, 0.2) is 176 Å². The van der Waals surface area contributed by atoms with Crippen LogP contribution in [0.25, 0.3) is 38.6 Å². The van der Waals surface area contributed by atoms with Crippen LogP contribution in [0.3, 0.4) is 0 Å². The third kappa shape index (κ3) is 4.55. The van der Waals surface area contributed by atoms with Crippen molar-refractivity contribution in [3.8, 4) is 29.0 Å². The van der Waals surface area contributed by atoms with Gasteiger partial charge in [0.05, 0.1) is 22.2 Å². The molecule has 0 aliphatic carbocycles. The van der Waals surface area contributed by atoms with Crippen molar-refractivity contribution >= 4 is 50.6 Å². The lowest BCUT2D eigenvalue weighted by Gasteiger charge is -2.48. The summed E-state index contributed by atoms with van der Waals surface area (Å²) >= 11 is 0. The normalized spacial score (nSPS) is 11.3. The Bertz CT molecular complexity index is 2350. The molecule has 3 nitrogen and oxygen atoms in total. The van der Waals surface area contributed by atoms with Gasteiger partial charge in [0, 0.05) is 16.5 Å². The zero-order valence-corrected chi connectivity index (χ0v) is 27.1. The van der Waals surface area contributed by atoms with E-state index in [9.17, 15) is 10.5 Å². The molecule has 0 spiro atoms. The third-order valence-corrected chi connectivity index (χ3v) is 14.3. The van der Waals surface area contributed by atoms with Crippen molar-refractivity contribution in [2.45, 2.75) is 0 Å². The number of hydrogen-bond donors (Lipinski definition) is 0. The second-order valence-electron chi connectivity index (χ2n) is 11.9. The van der Waals surface area contributed by atoms with Gasteiger partial charge in [0.15, 0.2) is 0 Å². The highest BCUT2D eigenvalue weighted by Gasteiger charge is 2.31. The Morgan fingerprint density at radius 3 is 1.31 bits per heavy atom. The van der Waals surface area contributed by atoms with Crippen molar-refractivity contribution in [2.24, 2.45) is 0 Å². The Balaban J connectivity index is 1.43. The largest absolute Gasteiger partial charge is 0.309 e. The summed E-state index contributed by atoms with van der Waals surface area (Å²) < 4.78 is 2.31. The molecule has 1 heterocycles. The first-order valence-electron chi connectivity index (χ1n) is 16.0. The van der Waals surface area contributed by atoms with Crippen molar-refractivity contribution in [2.75, 3.05) is 0 Å². The van der Waals surface area contributed by atoms with Crippen LogP contribution >= 0.6 is 0 Å². The van der Waals surface area contributed by atoms with E-state index in [1.54, 1.807) is 0 Å². The number of nitriles is 2. The molecule has 0 bridgehead atoms. The summed E-state index contributed by atoms with van der Waals surface area (Å²) in [6, 6.07) is 66.3. The summed E-state index contributed by atoms with van der Waals surface area (Å²) in [5.41, 5.74) is 6.08. The Labute approximate surface area is 280 Å². The van der Waals surface area contributed by atoms with E-state index in [1.807, 2.05) is 30.3 Å². The molecule has 0 unspecified atom stereocenters. The fraction of sp³-hybridized carbons (Fsp3) is 0. The number of rotatable bonds is 6. The topological polar surface area (TPSA) is 52.5 Å². The Morgan fingerprint density at radius 2 is 0.854 bits per heavy atom. The molecular weight excluding hydrogens is 599 g/mol. The average molecular weight is 628 g/mol. The maximum atomic E-state index is 10.3. The van der Waals surface area contributed by atoms with Gasteiger partial charge in [0.25, 0.3) is 0 Å². The Morgan fingerprint density at radius 1 is 0.438 bits per heavy atom. The summed E-state index contributed by atoms with van der Waals surface area (Å²) in [6.45, 7) is 0. The standard InChI is InChI=1S/C44H29N3Si/c45-30-33-28-41(32-24-26-35(27-25-32)47-42-22-12-10-20-39(42)40-21-11-13-23-43(40)47)44(29-34(33)31-46)48(36-14-4-1-5-15-36,37-16-6-2-7-17-37)38-18-8-3-9-19-38/h1-29H/q-1. The highest BCUT2D eigenvalue weighted by atomic mass is 28.3. The molecule has 0 saturated carbocycles. The highest BCUT2D eigenvalue weighted by Crippen LogP contribution is 2.33. The maximum absolute atomic E-state index is 10.3. The summed E-state index contributed by atoms with van der Waals surface area (Å²) in [6.07, 6.45) is 0. The van der Waals surface area contributed by atoms with E-state index in [-0.39, 0.29) is 0 Å². The van der Waals surface area contributed by atoms with Crippen LogP contribution in [0.2, 0.25) is 0 Å². The maximum Gasteiger partial charge on any atom is 0.101 e. The fourth-order valence-corrected chi connectivity index (χ4v) is 12.3. The number of nitrogens with zero attached hydrogens (tertiary/aromatic N) is 3. The van der Waals surface area contributed by atoms with Crippen molar-refractivity contribution in [1.82, 2.24) is 4.57 Å². The second-order valence-corrected chi connectivity index (χ2v) is 15.7. The van der Waals surface area contributed by atoms with Crippen LogP contribution in [0, 0.1) is 22.7 Å². The minimum Gasteiger partial charge on any atom is -0.309 e. The fourth-order valence-electron chi connectivity index (χ4n) is 7.36. The number of hydrogen-bond acceptors (Lipinski definition) is 2. The molecule has 8 aromatic rings. The molecule has 0 atom stereocenters. The van der Waals surface area contributed by atoms with E-state index >= 15 is 0 Å². The molecule has 0 N–H and O–H groups in total. The predicted molar refractivity (Wildman–Crippen MR) is 199 cm³/mol. The van der Waals surface area contributed by atoms with Crippen LogP contribution in [0.1, 0.15) is 11.1 Å². The first kappa shape index (κ1) is 29.0. The molecule has 0 aliphatic heterocycles. The molecule has 1 aromatic heterocycles. The zero-order valence-electron chi connectivity index (χ0n) is 26.1. The van der Waals surface area contributed by atoms with Gasteiger partial charge in [-0.25, -0.2) is 0 Å². The van der Waals surface area contributed by atoms with Gasteiger partial charge in [-0.3, -0.25) is 0 Å². The SMILES string of the molecule is N#Cc1cc(-c2ccc(-n3c4ccccc4c4ccccc43)cc2)c([Si-](c2ccccc2)(c2ccccc2)c2ccccc2)cc1C#N. The van der Waals surface area contributed by atoms with Crippen molar-refractivity contribution in [3.05, 3.63) is 187 Å². The van der Waals surface area contributed by atoms with E-state index in [0.717, 1.165) is 33.0 Å². The van der Waals surface area contributed by atoms with Gasteiger partial charge in [0.1, 0.15) is 12.1 Å². The molecule has 48 heavy (non-hydrogen) atoms. The summed E-state index contributed by atoms with van der Waals surface area (Å²) in [5, 5.41) is 27.7. The molecule has 0 fully saturated rings. The van der Waals surface area contributed by atoms with Gasteiger partial charge in [-0.05, 0) is 49.5 Å². The molecule has 0 saturated heterocycles. The first-order valence-corrected chi connectivity index (χ1v) is 18.0. The molecule has 8 rings (SSSR count). The predicted octanol–water partition coefficient (Wildman–Crippen LogP) is 7.57. The number of aromatic nitrogens is 1. The van der Waals surface area contributed by atoms with Crippen LogP contribution in [-0.2, 0) is 0 Å². The second kappa shape index (κ2) is 12.0. The number of benzene rings is 7. The molecule has 0 radical (unpaired) electrons. The van der Waals surface area contributed by atoms with Gasteiger partial charge < -0.3 is 4.57 Å². The van der Waals surface area contributed by atoms with Crippen LogP contribution < -0.4 is 20.7 Å². The lowest BCUT2D eigenvalue weighted by Crippen LogP contribution is -2.75. The minimum atomic E-state index is -3.02. The van der Waals surface area contributed by atoms with E-state index in [1.165, 1.54) is 26.3 Å². The molecule has 4 heteroatoms. The lowest BCUT2D eigenvalue weighted by atomic mass is 9.99. The smallest absolute Gasteiger partial charge is 0.101 e. The minimum absolute atomic E-state index is 0.375. The van der Waals surface area contributed by atoms with Crippen LogP contribution in [0.5, 0.6) is 0 Å². The van der Waals surface area contributed by atoms with E-state index in [2.05, 4.69) is 162 Å². The van der Waals surface area contributed by atoms with Crippen molar-refractivity contribution in [1.29, 1.82) is 10.5 Å². The van der Waals surface area contributed by atoms with Gasteiger partial charge in [-0.15, -0.1) is 0 Å². The molecule has 0 amide bonds. The van der Waals surface area contributed by atoms with Crippen molar-refractivity contribution < 1.29 is 0 Å². The van der Waals surface area contributed by atoms with Gasteiger partial charge >= 0.3 is 0 Å². The van der Waals surface area contributed by atoms with Crippen molar-refractivity contribution in [3.63, 3.8) is 0 Å². The van der Waals surface area contributed by atoms with E-state index in [0.29, 0.717) is 11.1 Å². The monoisotopic (exact) mass is 627 g/mol. The van der Waals surface area contributed by atoms with E-state index < -0.39 is 8.07 Å². The molecule has 225 valence electrons.